The third-order valence-corrected chi connectivity index (χ3v) is 5.17. The Morgan fingerprint density at radius 1 is 1.14 bits per heavy atom. The molecule has 3 heterocycles. The minimum Gasteiger partial charge on any atom is -0.467 e. The van der Waals surface area contributed by atoms with Crippen LogP contribution in [0, 0.1) is 6.92 Å². The molecule has 0 aliphatic heterocycles. The molecule has 0 aliphatic rings. The molecule has 4 rings (SSSR count). The number of aryl methyl sites for hydroxylation is 2. The van der Waals surface area contributed by atoms with Gasteiger partial charge in [-0.15, -0.1) is 11.3 Å². The van der Waals surface area contributed by atoms with Gasteiger partial charge in [-0.3, -0.25) is 4.79 Å². The number of furan rings is 1. The Morgan fingerprint density at radius 3 is 2.71 bits per heavy atom. The molecular weight excluding hydrogens is 374 g/mol. The monoisotopic (exact) mass is 393 g/mol. The molecule has 3 aromatic heterocycles. The van der Waals surface area contributed by atoms with Gasteiger partial charge in [0.25, 0.3) is 0 Å². The summed E-state index contributed by atoms with van der Waals surface area (Å²) in [6.45, 7) is 2.39. The van der Waals surface area contributed by atoms with Crippen LogP contribution in [-0.2, 0) is 17.8 Å². The van der Waals surface area contributed by atoms with Crippen molar-refractivity contribution in [3.63, 3.8) is 0 Å². The van der Waals surface area contributed by atoms with Crippen molar-refractivity contribution in [2.45, 2.75) is 26.3 Å². The first-order chi connectivity index (χ1) is 13.7. The highest BCUT2D eigenvalue weighted by Gasteiger charge is 2.19. The van der Waals surface area contributed by atoms with Crippen LogP contribution in [-0.4, -0.2) is 16.0 Å². The maximum atomic E-state index is 13.0. The van der Waals surface area contributed by atoms with Crippen LogP contribution in [0.25, 0.3) is 10.7 Å². The lowest BCUT2D eigenvalue weighted by molar-refractivity contribution is -0.118. The summed E-state index contributed by atoms with van der Waals surface area (Å²) in [6, 6.07) is 15.4. The highest BCUT2D eigenvalue weighted by Crippen LogP contribution is 2.23. The lowest BCUT2D eigenvalue weighted by Crippen LogP contribution is -2.30. The van der Waals surface area contributed by atoms with Crippen LogP contribution in [0.2, 0.25) is 0 Å². The van der Waals surface area contributed by atoms with Crippen LogP contribution in [0.5, 0.6) is 0 Å². The quantitative estimate of drug-likeness (QED) is 0.448. The summed E-state index contributed by atoms with van der Waals surface area (Å²) in [4.78, 5) is 20.0. The van der Waals surface area contributed by atoms with Crippen molar-refractivity contribution in [3.8, 4) is 10.7 Å². The van der Waals surface area contributed by atoms with Crippen molar-refractivity contribution in [2.75, 3.05) is 4.90 Å². The fourth-order valence-corrected chi connectivity index (χ4v) is 3.47. The molecule has 1 aromatic carbocycles. The molecule has 7 heteroatoms. The van der Waals surface area contributed by atoms with E-state index in [0.717, 1.165) is 21.9 Å². The second-order valence-electron chi connectivity index (χ2n) is 6.38. The number of carbonyl (C=O) groups is 1. The van der Waals surface area contributed by atoms with Crippen molar-refractivity contribution in [1.82, 2.24) is 10.1 Å². The van der Waals surface area contributed by atoms with Crippen LogP contribution >= 0.6 is 11.3 Å². The molecule has 6 nitrogen and oxygen atoms in total. The minimum atomic E-state index is -0.0314. The molecule has 0 saturated heterocycles. The summed E-state index contributed by atoms with van der Waals surface area (Å²) in [6.07, 6.45) is 2.26. The standard InChI is InChI=1S/C21H19N3O3S/c1-15-6-8-16(9-7-15)24(14-17-4-2-12-26-17)20(25)11-10-19-22-21(23-27-19)18-5-3-13-28-18/h2-9,12-13H,10-11,14H2,1H3. The molecule has 0 radical (unpaired) electrons. The van der Waals surface area contributed by atoms with Crippen LogP contribution in [0.1, 0.15) is 23.6 Å². The van der Waals surface area contributed by atoms with E-state index in [1.165, 1.54) is 0 Å². The molecule has 0 spiro atoms. The Morgan fingerprint density at radius 2 is 2.00 bits per heavy atom. The lowest BCUT2D eigenvalue weighted by Gasteiger charge is -2.22. The first kappa shape index (κ1) is 18.2. The minimum absolute atomic E-state index is 0.0314. The number of carbonyl (C=O) groups excluding carboxylic acids is 1. The summed E-state index contributed by atoms with van der Waals surface area (Å²) in [5.41, 5.74) is 1.97. The van der Waals surface area contributed by atoms with E-state index in [9.17, 15) is 4.79 Å². The van der Waals surface area contributed by atoms with E-state index in [1.54, 1.807) is 22.5 Å². The van der Waals surface area contributed by atoms with E-state index in [1.807, 2.05) is 60.8 Å². The number of rotatable bonds is 7. The third-order valence-electron chi connectivity index (χ3n) is 4.30. The SMILES string of the molecule is Cc1ccc(N(Cc2ccco2)C(=O)CCc2nc(-c3cccs3)no2)cc1. The molecule has 0 aliphatic carbocycles. The van der Waals surface area contributed by atoms with Gasteiger partial charge in [0, 0.05) is 18.5 Å². The van der Waals surface area contributed by atoms with Crippen molar-refractivity contribution >= 4 is 22.9 Å². The smallest absolute Gasteiger partial charge is 0.227 e. The Balaban J connectivity index is 1.46. The van der Waals surface area contributed by atoms with E-state index in [2.05, 4.69) is 10.1 Å². The lowest BCUT2D eigenvalue weighted by atomic mass is 10.2. The topological polar surface area (TPSA) is 72.4 Å². The Labute approximate surface area is 166 Å². The fourth-order valence-electron chi connectivity index (χ4n) is 2.82. The van der Waals surface area contributed by atoms with Gasteiger partial charge in [0.2, 0.25) is 17.6 Å². The molecule has 0 fully saturated rings. The van der Waals surface area contributed by atoms with Crippen LogP contribution < -0.4 is 4.90 Å². The average Bonchev–Trinajstić information content (AvgIpc) is 3.47. The van der Waals surface area contributed by atoms with Gasteiger partial charge in [0.15, 0.2) is 0 Å². The van der Waals surface area contributed by atoms with Crippen molar-refractivity contribution < 1.29 is 13.7 Å². The number of thiophene rings is 1. The van der Waals surface area contributed by atoms with Gasteiger partial charge in [0.05, 0.1) is 17.7 Å². The second kappa shape index (κ2) is 8.22. The average molecular weight is 393 g/mol. The third kappa shape index (κ3) is 4.20. The van der Waals surface area contributed by atoms with Gasteiger partial charge in [-0.25, -0.2) is 0 Å². The highest BCUT2D eigenvalue weighted by molar-refractivity contribution is 7.13. The summed E-state index contributed by atoms with van der Waals surface area (Å²) in [5, 5.41) is 5.96. The zero-order valence-electron chi connectivity index (χ0n) is 15.4. The number of nitrogens with zero attached hydrogens (tertiary/aromatic N) is 3. The molecule has 0 bridgehead atoms. The van der Waals surface area contributed by atoms with Crippen LogP contribution in [0.3, 0.4) is 0 Å². The molecule has 142 valence electrons. The normalized spacial score (nSPS) is 10.9. The molecule has 1 amide bonds. The largest absolute Gasteiger partial charge is 0.467 e. The summed E-state index contributed by atoms with van der Waals surface area (Å²) >= 11 is 1.55. The summed E-state index contributed by atoms with van der Waals surface area (Å²) in [7, 11) is 0. The fraction of sp³-hybridized carbons (Fsp3) is 0.190. The number of hydrogen-bond acceptors (Lipinski definition) is 6. The van der Waals surface area contributed by atoms with E-state index in [4.69, 9.17) is 8.94 Å². The van der Waals surface area contributed by atoms with E-state index in [0.29, 0.717) is 24.7 Å². The first-order valence-electron chi connectivity index (χ1n) is 8.95. The maximum Gasteiger partial charge on any atom is 0.227 e. The van der Waals surface area contributed by atoms with Gasteiger partial charge in [-0.1, -0.05) is 28.9 Å². The number of anilines is 1. The van der Waals surface area contributed by atoms with E-state index < -0.39 is 0 Å². The molecule has 0 unspecified atom stereocenters. The molecule has 0 saturated carbocycles. The molecule has 0 atom stereocenters. The zero-order chi connectivity index (χ0) is 19.3. The molecule has 0 N–H and O–H groups in total. The predicted molar refractivity (Wildman–Crippen MR) is 107 cm³/mol. The second-order valence-corrected chi connectivity index (χ2v) is 7.33. The Hall–Kier alpha value is -3.19. The summed E-state index contributed by atoms with van der Waals surface area (Å²) < 4.78 is 10.7. The first-order valence-corrected chi connectivity index (χ1v) is 9.83. The van der Waals surface area contributed by atoms with Crippen molar-refractivity contribution in [2.24, 2.45) is 0 Å². The van der Waals surface area contributed by atoms with Gasteiger partial charge in [-0.05, 0) is 42.6 Å². The highest BCUT2D eigenvalue weighted by atomic mass is 32.1. The Kier molecular flexibility index (Phi) is 5.34. The number of hydrogen-bond donors (Lipinski definition) is 0. The maximum absolute atomic E-state index is 13.0. The van der Waals surface area contributed by atoms with Crippen molar-refractivity contribution in [3.05, 3.63) is 77.4 Å². The Bertz CT molecular complexity index is 1020. The number of aromatic nitrogens is 2. The number of amides is 1. The molecule has 28 heavy (non-hydrogen) atoms. The van der Waals surface area contributed by atoms with E-state index >= 15 is 0 Å². The molecular formula is C21H19N3O3S. The van der Waals surface area contributed by atoms with Crippen LogP contribution in [0.15, 0.2) is 69.1 Å². The molecule has 4 aromatic rings. The zero-order valence-corrected chi connectivity index (χ0v) is 16.2. The van der Waals surface area contributed by atoms with Gasteiger partial charge in [-0.2, -0.15) is 4.98 Å². The van der Waals surface area contributed by atoms with Crippen LogP contribution in [0.4, 0.5) is 5.69 Å². The number of benzene rings is 1. The van der Waals surface area contributed by atoms with E-state index in [-0.39, 0.29) is 12.3 Å². The van der Waals surface area contributed by atoms with Crippen molar-refractivity contribution in [1.29, 1.82) is 0 Å². The van der Waals surface area contributed by atoms with Gasteiger partial charge < -0.3 is 13.8 Å². The predicted octanol–water partition coefficient (Wildman–Crippen LogP) is 4.87. The van der Waals surface area contributed by atoms with Gasteiger partial charge in [0.1, 0.15) is 5.76 Å². The summed E-state index contributed by atoms with van der Waals surface area (Å²) in [5.74, 6) is 1.71. The van der Waals surface area contributed by atoms with Gasteiger partial charge >= 0.3 is 0 Å².